The van der Waals surface area contributed by atoms with Crippen LogP contribution in [-0.4, -0.2) is 44.1 Å². The first kappa shape index (κ1) is 19.8. The van der Waals surface area contributed by atoms with Gasteiger partial charge in [-0.3, -0.25) is 9.89 Å². The van der Waals surface area contributed by atoms with Crippen LogP contribution in [0, 0.1) is 11.7 Å². The van der Waals surface area contributed by atoms with Crippen molar-refractivity contribution in [1.29, 1.82) is 0 Å². The van der Waals surface area contributed by atoms with E-state index in [-0.39, 0.29) is 11.9 Å². The fraction of sp³-hybridized carbons (Fsp3) is 0.368. The molecular formula is C19H24N6O2S. The fourth-order valence-electron chi connectivity index (χ4n) is 2.98. The van der Waals surface area contributed by atoms with Crippen LogP contribution in [0.1, 0.15) is 41.8 Å². The predicted octanol–water partition coefficient (Wildman–Crippen LogP) is 3.00. The minimum Gasteiger partial charge on any atom is -0.494 e. The Hall–Kier alpha value is -2.94. The fourth-order valence-corrected chi connectivity index (χ4v) is 3.34. The minimum atomic E-state index is -0.240. The van der Waals surface area contributed by atoms with E-state index in [0.29, 0.717) is 29.2 Å². The second-order valence-electron chi connectivity index (χ2n) is 6.74. The zero-order valence-corrected chi connectivity index (χ0v) is 17.2. The minimum absolute atomic E-state index is 0.206. The van der Waals surface area contributed by atoms with Crippen LogP contribution >= 0.6 is 12.2 Å². The number of amides is 1. The summed E-state index contributed by atoms with van der Waals surface area (Å²) in [5, 5.41) is 14.3. The van der Waals surface area contributed by atoms with Gasteiger partial charge < -0.3 is 14.6 Å². The third-order valence-corrected chi connectivity index (χ3v) is 4.62. The molecule has 2 heterocycles. The van der Waals surface area contributed by atoms with Crippen molar-refractivity contribution in [2.24, 2.45) is 0 Å². The number of nitrogens with zero attached hydrogens (tertiary/aromatic N) is 4. The Bertz CT molecular complexity index is 1030. The summed E-state index contributed by atoms with van der Waals surface area (Å²) in [6.45, 7) is 6.51. The van der Waals surface area contributed by atoms with Crippen molar-refractivity contribution in [2.75, 3.05) is 13.7 Å². The number of ether oxygens (including phenoxy) is 1. The lowest BCUT2D eigenvalue weighted by molar-refractivity contribution is 0.0948. The monoisotopic (exact) mass is 400 g/mol. The normalized spacial score (nSPS) is 11.0. The Morgan fingerprint density at radius 1 is 1.36 bits per heavy atom. The molecule has 3 rings (SSSR count). The molecule has 0 spiro atoms. The summed E-state index contributed by atoms with van der Waals surface area (Å²) >= 11 is 5.24. The first-order valence-corrected chi connectivity index (χ1v) is 9.46. The molecule has 0 saturated heterocycles. The maximum Gasteiger partial charge on any atom is 0.271 e. The zero-order chi connectivity index (χ0) is 20.3. The van der Waals surface area contributed by atoms with Crippen molar-refractivity contribution in [2.45, 2.75) is 33.2 Å². The maximum atomic E-state index is 12.5. The number of benzene rings is 1. The number of aromatic amines is 1. The molecule has 0 unspecified atom stereocenters. The largest absolute Gasteiger partial charge is 0.494 e. The number of carbonyl (C=O) groups is 1. The third-order valence-electron chi connectivity index (χ3n) is 4.33. The average molecular weight is 401 g/mol. The topological polar surface area (TPSA) is 89.8 Å². The molecule has 1 amide bonds. The molecule has 0 aliphatic carbocycles. The second-order valence-corrected chi connectivity index (χ2v) is 7.12. The smallest absolute Gasteiger partial charge is 0.271 e. The van der Waals surface area contributed by atoms with E-state index in [1.54, 1.807) is 24.1 Å². The van der Waals surface area contributed by atoms with Crippen molar-refractivity contribution in [3.8, 4) is 11.4 Å². The van der Waals surface area contributed by atoms with Gasteiger partial charge in [0.1, 0.15) is 17.3 Å². The van der Waals surface area contributed by atoms with E-state index >= 15 is 0 Å². The van der Waals surface area contributed by atoms with Gasteiger partial charge in [-0.25, -0.2) is 4.68 Å². The van der Waals surface area contributed by atoms with E-state index in [1.807, 2.05) is 43.5 Å². The van der Waals surface area contributed by atoms with Gasteiger partial charge in [-0.1, -0.05) is 6.07 Å². The molecule has 0 fully saturated rings. The SMILES string of the molecule is COc1ccc(C)cc1-n1ccc(C(=O)NCCc2n[nH]c(=S)n2C(C)C)n1. The van der Waals surface area contributed by atoms with Crippen LogP contribution in [0.2, 0.25) is 0 Å². The lowest BCUT2D eigenvalue weighted by Gasteiger charge is -2.10. The summed E-state index contributed by atoms with van der Waals surface area (Å²) < 4.78 is 9.56. The molecule has 0 atom stereocenters. The van der Waals surface area contributed by atoms with E-state index < -0.39 is 0 Å². The van der Waals surface area contributed by atoms with Gasteiger partial charge in [0.15, 0.2) is 10.5 Å². The van der Waals surface area contributed by atoms with Crippen LogP contribution in [0.15, 0.2) is 30.5 Å². The van der Waals surface area contributed by atoms with Gasteiger partial charge in [0.2, 0.25) is 0 Å². The molecule has 0 saturated carbocycles. The second kappa shape index (κ2) is 8.39. The van der Waals surface area contributed by atoms with Gasteiger partial charge in [-0.05, 0) is 56.8 Å². The van der Waals surface area contributed by atoms with E-state index in [0.717, 1.165) is 17.1 Å². The lowest BCUT2D eigenvalue weighted by Crippen LogP contribution is -2.27. The molecule has 1 aromatic carbocycles. The van der Waals surface area contributed by atoms with Crippen molar-refractivity contribution in [1.82, 2.24) is 29.9 Å². The molecule has 9 heteroatoms. The van der Waals surface area contributed by atoms with Crippen LogP contribution in [0.5, 0.6) is 5.75 Å². The number of aromatic nitrogens is 5. The number of H-pyrrole nitrogens is 1. The number of carbonyl (C=O) groups excluding carboxylic acids is 1. The van der Waals surface area contributed by atoms with Crippen LogP contribution in [-0.2, 0) is 6.42 Å². The van der Waals surface area contributed by atoms with Crippen molar-refractivity contribution in [3.63, 3.8) is 0 Å². The molecule has 2 N–H and O–H groups in total. The molecule has 3 aromatic rings. The molecule has 8 nitrogen and oxygen atoms in total. The van der Waals surface area contributed by atoms with Gasteiger partial charge in [-0.15, -0.1) is 0 Å². The summed E-state index contributed by atoms with van der Waals surface area (Å²) in [6.07, 6.45) is 2.32. The Morgan fingerprint density at radius 2 is 2.14 bits per heavy atom. The Kier molecular flexibility index (Phi) is 5.93. The molecule has 0 bridgehead atoms. The number of hydrogen-bond acceptors (Lipinski definition) is 5. The molecule has 0 radical (unpaired) electrons. The standard InChI is InChI=1S/C19H24N6O2S/c1-12(2)25-17(21-22-19(25)28)7-9-20-18(26)14-8-10-24(23-14)15-11-13(3)5-6-16(15)27-4/h5-6,8,10-12H,7,9H2,1-4H3,(H,20,26)(H,22,28). The van der Waals surface area contributed by atoms with Crippen LogP contribution < -0.4 is 10.1 Å². The molecule has 0 aliphatic heterocycles. The van der Waals surface area contributed by atoms with Crippen molar-refractivity contribution >= 4 is 18.1 Å². The number of hydrogen-bond donors (Lipinski definition) is 2. The van der Waals surface area contributed by atoms with E-state index in [2.05, 4.69) is 20.6 Å². The Labute approximate surface area is 168 Å². The third kappa shape index (κ3) is 4.14. The summed E-state index contributed by atoms with van der Waals surface area (Å²) in [6, 6.07) is 7.69. The first-order chi connectivity index (χ1) is 13.4. The number of nitrogens with one attached hydrogen (secondary N) is 2. The van der Waals surface area contributed by atoms with Crippen molar-refractivity contribution in [3.05, 3.63) is 52.3 Å². The Morgan fingerprint density at radius 3 is 2.86 bits per heavy atom. The molecule has 148 valence electrons. The quantitative estimate of drug-likeness (QED) is 0.595. The van der Waals surface area contributed by atoms with Gasteiger partial charge in [-0.2, -0.15) is 10.2 Å². The van der Waals surface area contributed by atoms with Crippen molar-refractivity contribution < 1.29 is 9.53 Å². The highest BCUT2D eigenvalue weighted by Gasteiger charge is 2.14. The number of methoxy groups -OCH3 is 1. The summed E-state index contributed by atoms with van der Waals surface area (Å²) in [5.41, 5.74) is 2.20. The molecule has 28 heavy (non-hydrogen) atoms. The van der Waals surface area contributed by atoms with E-state index in [1.165, 1.54) is 0 Å². The number of aryl methyl sites for hydroxylation is 1. The highest BCUT2D eigenvalue weighted by atomic mass is 32.1. The van der Waals surface area contributed by atoms with Gasteiger partial charge >= 0.3 is 0 Å². The van der Waals surface area contributed by atoms with E-state index in [9.17, 15) is 4.79 Å². The number of rotatable bonds is 7. The first-order valence-electron chi connectivity index (χ1n) is 9.05. The lowest BCUT2D eigenvalue weighted by atomic mass is 10.2. The van der Waals surface area contributed by atoms with Crippen LogP contribution in [0.4, 0.5) is 0 Å². The van der Waals surface area contributed by atoms with Gasteiger partial charge in [0, 0.05) is 25.2 Å². The summed E-state index contributed by atoms with van der Waals surface area (Å²) in [5.74, 6) is 1.27. The van der Waals surface area contributed by atoms with Gasteiger partial charge in [0.25, 0.3) is 5.91 Å². The molecule has 0 aliphatic rings. The predicted molar refractivity (Wildman–Crippen MR) is 109 cm³/mol. The summed E-state index contributed by atoms with van der Waals surface area (Å²) in [4.78, 5) is 12.5. The highest BCUT2D eigenvalue weighted by Crippen LogP contribution is 2.23. The molecular weight excluding hydrogens is 376 g/mol. The molecule has 2 aromatic heterocycles. The Balaban J connectivity index is 1.67. The van der Waals surface area contributed by atoms with Crippen LogP contribution in [0.3, 0.4) is 0 Å². The van der Waals surface area contributed by atoms with E-state index in [4.69, 9.17) is 17.0 Å². The summed E-state index contributed by atoms with van der Waals surface area (Å²) in [7, 11) is 1.61. The average Bonchev–Trinajstić information content (AvgIpc) is 3.28. The zero-order valence-electron chi connectivity index (χ0n) is 16.4. The van der Waals surface area contributed by atoms with Gasteiger partial charge in [0.05, 0.1) is 7.11 Å². The maximum absolute atomic E-state index is 12.5. The van der Waals surface area contributed by atoms with Crippen LogP contribution in [0.25, 0.3) is 5.69 Å². The highest BCUT2D eigenvalue weighted by molar-refractivity contribution is 7.71.